The van der Waals surface area contributed by atoms with Crippen LogP contribution in [0.3, 0.4) is 0 Å². The molecular formula is C6H7F3N. The van der Waals surface area contributed by atoms with Gasteiger partial charge in [0.15, 0.2) is 0 Å². The van der Waals surface area contributed by atoms with Crippen LogP contribution in [-0.2, 0) is 0 Å². The van der Waals surface area contributed by atoms with E-state index in [9.17, 15) is 13.2 Å². The van der Waals surface area contributed by atoms with Crippen molar-refractivity contribution in [1.29, 1.82) is 0 Å². The quantitative estimate of drug-likeness (QED) is 0.506. The average molecular weight is 150 g/mol. The number of hydrogen-bond donors (Lipinski definition) is 0. The van der Waals surface area contributed by atoms with Gasteiger partial charge < -0.3 is 4.90 Å². The van der Waals surface area contributed by atoms with Gasteiger partial charge in [-0.05, 0) is 6.20 Å². The van der Waals surface area contributed by atoms with E-state index in [4.69, 9.17) is 0 Å². The van der Waals surface area contributed by atoms with Crippen LogP contribution >= 0.6 is 0 Å². The average Bonchev–Trinajstić information content (AvgIpc) is 2.11. The molecule has 0 amide bonds. The summed E-state index contributed by atoms with van der Waals surface area (Å²) in [5, 5.41) is 0. The topological polar surface area (TPSA) is 3.24 Å². The van der Waals surface area contributed by atoms with E-state index in [1.165, 1.54) is 19.3 Å². The zero-order valence-corrected chi connectivity index (χ0v) is 5.39. The summed E-state index contributed by atoms with van der Waals surface area (Å²) < 4.78 is 35.7. The van der Waals surface area contributed by atoms with Crippen molar-refractivity contribution in [2.24, 2.45) is 0 Å². The minimum absolute atomic E-state index is 1.12. The first-order valence-corrected chi connectivity index (χ1v) is 2.82. The number of halogens is 3. The summed E-state index contributed by atoms with van der Waals surface area (Å²) in [4.78, 5) is 1.12. The lowest BCUT2D eigenvalue weighted by molar-refractivity contribution is -0.161. The number of rotatable bonds is 0. The minimum atomic E-state index is -4.14. The van der Waals surface area contributed by atoms with E-state index in [-0.39, 0.29) is 0 Å². The second-order valence-electron chi connectivity index (χ2n) is 2.19. The molecule has 1 atom stereocenters. The molecule has 0 saturated carbocycles. The first kappa shape index (κ1) is 7.44. The highest BCUT2D eigenvalue weighted by Gasteiger charge is 2.42. The molecule has 1 aliphatic rings. The van der Waals surface area contributed by atoms with E-state index in [1.54, 1.807) is 0 Å². The van der Waals surface area contributed by atoms with E-state index < -0.39 is 12.2 Å². The van der Waals surface area contributed by atoms with Gasteiger partial charge in [0, 0.05) is 13.5 Å². The molecule has 0 fully saturated rings. The lowest BCUT2D eigenvalue weighted by atomic mass is 10.2. The molecule has 1 aliphatic heterocycles. The summed E-state index contributed by atoms with van der Waals surface area (Å²) in [7, 11) is 1.40. The fourth-order valence-electron chi connectivity index (χ4n) is 0.859. The van der Waals surface area contributed by atoms with E-state index in [2.05, 4.69) is 0 Å². The molecule has 0 spiro atoms. The van der Waals surface area contributed by atoms with Crippen LogP contribution in [0, 0.1) is 6.42 Å². The monoisotopic (exact) mass is 150 g/mol. The van der Waals surface area contributed by atoms with Crippen LogP contribution in [0.1, 0.15) is 0 Å². The van der Waals surface area contributed by atoms with Crippen molar-refractivity contribution in [3.63, 3.8) is 0 Å². The van der Waals surface area contributed by atoms with Gasteiger partial charge in [-0.3, -0.25) is 0 Å². The van der Waals surface area contributed by atoms with Gasteiger partial charge in [-0.1, -0.05) is 6.08 Å². The Morgan fingerprint density at radius 1 is 1.40 bits per heavy atom. The molecule has 0 aromatic rings. The Labute approximate surface area is 57.1 Å². The second kappa shape index (κ2) is 2.18. The fraction of sp³-hybridized carbons (Fsp3) is 0.500. The summed E-state index contributed by atoms with van der Waals surface area (Å²) >= 11 is 0. The van der Waals surface area contributed by atoms with Crippen LogP contribution in [0.15, 0.2) is 12.3 Å². The standard InChI is InChI=1S/C6H7F3N/c1-10-4-2-3-5(10)6(7,8)9/h2-5H,1H3. The third kappa shape index (κ3) is 1.25. The summed E-state index contributed by atoms with van der Waals surface area (Å²) in [5.74, 6) is 0. The number of nitrogens with zero attached hydrogens (tertiary/aromatic N) is 1. The van der Waals surface area contributed by atoms with Gasteiger partial charge in [0.2, 0.25) is 0 Å². The van der Waals surface area contributed by atoms with E-state index in [0.717, 1.165) is 11.3 Å². The van der Waals surface area contributed by atoms with Crippen molar-refractivity contribution in [1.82, 2.24) is 4.90 Å². The van der Waals surface area contributed by atoms with Crippen molar-refractivity contribution in [3.8, 4) is 0 Å². The molecule has 0 N–H and O–H groups in total. The number of hydrogen-bond acceptors (Lipinski definition) is 1. The predicted octanol–water partition coefficient (Wildman–Crippen LogP) is 1.58. The molecule has 0 saturated heterocycles. The summed E-state index contributed by atoms with van der Waals surface area (Å²) in [6, 6.07) is -1.42. The molecular weight excluding hydrogens is 143 g/mol. The smallest absolute Gasteiger partial charge is 0.369 e. The highest BCUT2D eigenvalue weighted by Crippen LogP contribution is 2.29. The first-order valence-electron chi connectivity index (χ1n) is 2.82. The fourth-order valence-corrected chi connectivity index (χ4v) is 0.859. The molecule has 1 nitrogen and oxygen atoms in total. The van der Waals surface area contributed by atoms with Crippen LogP contribution in [0.25, 0.3) is 0 Å². The van der Waals surface area contributed by atoms with Gasteiger partial charge in [0.05, 0.1) is 0 Å². The normalized spacial score (nSPS) is 26.0. The Morgan fingerprint density at radius 2 is 2.00 bits per heavy atom. The van der Waals surface area contributed by atoms with E-state index in [0.29, 0.717) is 0 Å². The Morgan fingerprint density at radius 3 is 2.20 bits per heavy atom. The van der Waals surface area contributed by atoms with Gasteiger partial charge in [0.1, 0.15) is 6.04 Å². The molecule has 4 heteroatoms. The molecule has 1 unspecified atom stereocenters. The molecule has 57 valence electrons. The van der Waals surface area contributed by atoms with Gasteiger partial charge in [-0.15, -0.1) is 0 Å². The molecule has 10 heavy (non-hydrogen) atoms. The Balaban J connectivity index is 2.60. The Hall–Kier alpha value is -0.670. The number of alkyl halides is 3. The van der Waals surface area contributed by atoms with Crippen molar-refractivity contribution in [2.75, 3.05) is 7.05 Å². The third-order valence-electron chi connectivity index (χ3n) is 1.39. The van der Waals surface area contributed by atoms with Gasteiger partial charge >= 0.3 is 6.18 Å². The third-order valence-corrected chi connectivity index (χ3v) is 1.39. The van der Waals surface area contributed by atoms with Crippen LogP contribution in [0.5, 0.6) is 0 Å². The summed E-state index contributed by atoms with van der Waals surface area (Å²) in [6.07, 6.45) is -0.214. The molecule has 1 radical (unpaired) electrons. The SMILES string of the molecule is CN1C=C[CH]C1C(F)(F)F. The lowest BCUT2D eigenvalue weighted by Crippen LogP contribution is -2.37. The van der Waals surface area contributed by atoms with E-state index >= 15 is 0 Å². The minimum Gasteiger partial charge on any atom is -0.369 e. The van der Waals surface area contributed by atoms with Gasteiger partial charge in [0.25, 0.3) is 0 Å². The first-order chi connectivity index (χ1) is 4.52. The molecule has 1 heterocycles. The Kier molecular flexibility index (Phi) is 1.62. The highest BCUT2D eigenvalue weighted by molar-refractivity contribution is 5.12. The molecule has 1 rings (SSSR count). The van der Waals surface area contributed by atoms with Crippen LogP contribution < -0.4 is 0 Å². The maximum absolute atomic E-state index is 11.9. The summed E-state index contributed by atoms with van der Waals surface area (Å²) in [5.41, 5.74) is 0. The molecule has 0 aromatic heterocycles. The van der Waals surface area contributed by atoms with Crippen molar-refractivity contribution < 1.29 is 13.2 Å². The maximum Gasteiger partial charge on any atom is 0.409 e. The summed E-state index contributed by atoms with van der Waals surface area (Å²) in [6.45, 7) is 0. The maximum atomic E-state index is 11.9. The molecule has 0 bridgehead atoms. The van der Waals surface area contributed by atoms with Crippen LogP contribution in [0.2, 0.25) is 0 Å². The lowest BCUT2D eigenvalue weighted by Gasteiger charge is -2.22. The zero-order chi connectivity index (χ0) is 7.78. The van der Waals surface area contributed by atoms with Crippen LogP contribution in [0.4, 0.5) is 13.2 Å². The second-order valence-corrected chi connectivity index (χ2v) is 2.19. The van der Waals surface area contributed by atoms with E-state index in [1.807, 2.05) is 0 Å². The Bertz CT molecular complexity index is 150. The van der Waals surface area contributed by atoms with Crippen LogP contribution in [-0.4, -0.2) is 24.2 Å². The van der Waals surface area contributed by atoms with Crippen molar-refractivity contribution in [3.05, 3.63) is 18.7 Å². The van der Waals surface area contributed by atoms with Gasteiger partial charge in [-0.25, -0.2) is 0 Å². The van der Waals surface area contributed by atoms with Crippen molar-refractivity contribution >= 4 is 0 Å². The largest absolute Gasteiger partial charge is 0.409 e. The zero-order valence-electron chi connectivity index (χ0n) is 5.39. The van der Waals surface area contributed by atoms with Crippen molar-refractivity contribution in [2.45, 2.75) is 12.2 Å². The van der Waals surface area contributed by atoms with Gasteiger partial charge in [-0.2, -0.15) is 13.2 Å². The predicted molar refractivity (Wildman–Crippen MR) is 31.0 cm³/mol. The molecule has 0 aliphatic carbocycles. The highest BCUT2D eigenvalue weighted by atomic mass is 19.4. The molecule has 0 aromatic carbocycles.